The second-order valence-corrected chi connectivity index (χ2v) is 3.78. The highest BCUT2D eigenvalue weighted by Gasteiger charge is 2.47. The van der Waals surface area contributed by atoms with Crippen LogP contribution in [0.5, 0.6) is 0 Å². The van der Waals surface area contributed by atoms with Crippen molar-refractivity contribution in [1.82, 2.24) is 0 Å². The Morgan fingerprint density at radius 3 is 2.00 bits per heavy atom. The van der Waals surface area contributed by atoms with Crippen LogP contribution in [0.4, 0.5) is 0 Å². The third kappa shape index (κ3) is 2.94. The van der Waals surface area contributed by atoms with Gasteiger partial charge < -0.3 is 23.7 Å². The number of nitrogens with zero attached hydrogens (tertiary/aromatic N) is 1. The zero-order valence-corrected chi connectivity index (χ0v) is 10.6. The molecule has 6 nitrogen and oxygen atoms in total. The van der Waals surface area contributed by atoms with Gasteiger partial charge in [0, 0.05) is 28.4 Å². The predicted molar refractivity (Wildman–Crippen MR) is 58.5 cm³/mol. The highest BCUT2D eigenvalue weighted by atomic mass is 16.6. The van der Waals surface area contributed by atoms with Gasteiger partial charge in [-0.25, -0.2) is 0 Å². The van der Waals surface area contributed by atoms with Crippen molar-refractivity contribution in [2.45, 2.75) is 30.5 Å². The Hall–Kier alpha value is -0.710. The van der Waals surface area contributed by atoms with Crippen LogP contribution in [0.25, 0.3) is 0 Å². The zero-order chi connectivity index (χ0) is 12.8. The number of hydrogen-bond acceptors (Lipinski definition) is 6. The molecule has 0 amide bonds. The van der Waals surface area contributed by atoms with Crippen LogP contribution >= 0.6 is 0 Å². The Morgan fingerprint density at radius 2 is 1.59 bits per heavy atom. The third-order valence-electron chi connectivity index (χ3n) is 2.91. The van der Waals surface area contributed by atoms with Gasteiger partial charge in [-0.15, -0.1) is 0 Å². The molecule has 1 fully saturated rings. The van der Waals surface area contributed by atoms with Gasteiger partial charge in [-0.2, -0.15) is 5.26 Å². The van der Waals surface area contributed by atoms with Crippen LogP contribution in [0.15, 0.2) is 0 Å². The normalized spacial score (nSPS) is 37.7. The number of rotatable bonds is 5. The lowest BCUT2D eigenvalue weighted by atomic mass is 9.95. The van der Waals surface area contributed by atoms with Crippen LogP contribution in [-0.2, 0) is 23.7 Å². The first-order valence-corrected chi connectivity index (χ1v) is 5.35. The maximum Gasteiger partial charge on any atom is 0.173 e. The molecule has 1 rings (SSSR count). The van der Waals surface area contributed by atoms with Gasteiger partial charge in [0.05, 0.1) is 12.7 Å². The SMILES string of the molecule is COC[C@H]1O[C@@H](C#N)[C@H](OC)[C@@H](OC)[C@H]1OC. The van der Waals surface area contributed by atoms with Crippen molar-refractivity contribution < 1.29 is 23.7 Å². The summed E-state index contributed by atoms with van der Waals surface area (Å²) in [5.41, 5.74) is 0. The zero-order valence-electron chi connectivity index (χ0n) is 10.6. The fraction of sp³-hybridized carbons (Fsp3) is 0.909. The minimum Gasteiger partial charge on any atom is -0.382 e. The number of hydrogen-bond donors (Lipinski definition) is 0. The van der Waals surface area contributed by atoms with E-state index in [1.165, 1.54) is 7.11 Å². The first kappa shape index (κ1) is 14.4. The van der Waals surface area contributed by atoms with Crippen molar-refractivity contribution >= 4 is 0 Å². The number of ether oxygens (including phenoxy) is 5. The van der Waals surface area contributed by atoms with Gasteiger partial charge in [0.15, 0.2) is 6.10 Å². The molecule has 0 aromatic heterocycles. The van der Waals surface area contributed by atoms with Gasteiger partial charge in [-0.1, -0.05) is 0 Å². The fourth-order valence-electron chi connectivity index (χ4n) is 2.13. The minimum atomic E-state index is -0.684. The maximum absolute atomic E-state index is 9.06. The van der Waals surface area contributed by atoms with Crippen molar-refractivity contribution in [3.8, 4) is 6.07 Å². The third-order valence-corrected chi connectivity index (χ3v) is 2.91. The summed E-state index contributed by atoms with van der Waals surface area (Å²) in [7, 11) is 6.23. The Bertz CT molecular complexity index is 267. The molecule has 1 aliphatic rings. The second kappa shape index (κ2) is 6.89. The summed E-state index contributed by atoms with van der Waals surface area (Å²) in [6.07, 6.45) is -2.18. The number of methoxy groups -OCH3 is 4. The van der Waals surface area contributed by atoms with Crippen LogP contribution < -0.4 is 0 Å². The molecule has 0 aromatic rings. The molecular formula is C11H19NO5. The highest BCUT2D eigenvalue weighted by molar-refractivity contribution is 5.03. The molecule has 0 N–H and O–H groups in total. The molecule has 0 unspecified atom stereocenters. The van der Waals surface area contributed by atoms with Crippen LogP contribution in [-0.4, -0.2) is 65.6 Å². The Balaban J connectivity index is 2.89. The standard InChI is InChI=1S/C11H19NO5/c1-13-6-8-10(15-3)11(16-4)9(14-2)7(5-12)17-8/h7-11H,6H2,1-4H3/t7-,8+,9-,10-,11+/m0/s1. The molecular weight excluding hydrogens is 226 g/mol. The lowest BCUT2D eigenvalue weighted by Crippen LogP contribution is -2.60. The van der Waals surface area contributed by atoms with Crippen LogP contribution in [0.2, 0.25) is 0 Å². The molecule has 1 aliphatic heterocycles. The smallest absolute Gasteiger partial charge is 0.173 e. The van der Waals surface area contributed by atoms with E-state index in [1.807, 2.05) is 0 Å². The summed E-state index contributed by atoms with van der Waals surface area (Å²) in [4.78, 5) is 0. The molecule has 0 aromatic carbocycles. The molecule has 6 heteroatoms. The van der Waals surface area contributed by atoms with E-state index in [1.54, 1.807) is 21.3 Å². The molecule has 17 heavy (non-hydrogen) atoms. The van der Waals surface area contributed by atoms with E-state index < -0.39 is 12.2 Å². The first-order chi connectivity index (χ1) is 8.23. The van der Waals surface area contributed by atoms with Crippen LogP contribution in [0, 0.1) is 11.3 Å². The van der Waals surface area contributed by atoms with Crippen LogP contribution in [0.1, 0.15) is 0 Å². The Kier molecular flexibility index (Phi) is 5.82. The van der Waals surface area contributed by atoms with Crippen molar-refractivity contribution in [3.63, 3.8) is 0 Å². The van der Waals surface area contributed by atoms with Crippen molar-refractivity contribution in [2.75, 3.05) is 35.0 Å². The average molecular weight is 245 g/mol. The summed E-state index contributed by atoms with van der Waals surface area (Å²) in [6, 6.07) is 2.06. The number of nitriles is 1. The predicted octanol–water partition coefficient (Wildman–Crippen LogP) is -0.0312. The molecule has 0 radical (unpaired) electrons. The van der Waals surface area contributed by atoms with E-state index in [9.17, 15) is 0 Å². The Labute approximate surface area is 101 Å². The second-order valence-electron chi connectivity index (χ2n) is 3.78. The van der Waals surface area contributed by atoms with Crippen molar-refractivity contribution in [2.24, 2.45) is 0 Å². The van der Waals surface area contributed by atoms with E-state index >= 15 is 0 Å². The van der Waals surface area contributed by atoms with Gasteiger partial charge in [-0.3, -0.25) is 0 Å². The first-order valence-electron chi connectivity index (χ1n) is 5.35. The molecule has 0 spiro atoms. The van der Waals surface area contributed by atoms with E-state index in [4.69, 9.17) is 28.9 Å². The van der Waals surface area contributed by atoms with Crippen molar-refractivity contribution in [1.29, 1.82) is 5.26 Å². The molecule has 1 heterocycles. The highest BCUT2D eigenvalue weighted by Crippen LogP contribution is 2.26. The fourth-order valence-corrected chi connectivity index (χ4v) is 2.13. The van der Waals surface area contributed by atoms with E-state index in [0.717, 1.165) is 0 Å². The summed E-state index contributed by atoms with van der Waals surface area (Å²) in [5.74, 6) is 0. The maximum atomic E-state index is 9.06. The van der Waals surface area contributed by atoms with Crippen LogP contribution in [0.3, 0.4) is 0 Å². The van der Waals surface area contributed by atoms with Gasteiger partial charge in [0.1, 0.15) is 24.4 Å². The van der Waals surface area contributed by atoms with Crippen molar-refractivity contribution in [3.05, 3.63) is 0 Å². The van der Waals surface area contributed by atoms with Gasteiger partial charge in [0.2, 0.25) is 0 Å². The molecule has 0 aliphatic carbocycles. The summed E-state index contributed by atoms with van der Waals surface area (Å²) in [5, 5.41) is 9.06. The summed E-state index contributed by atoms with van der Waals surface area (Å²) >= 11 is 0. The average Bonchev–Trinajstić information content (AvgIpc) is 2.37. The van der Waals surface area contributed by atoms with Gasteiger partial charge in [0.25, 0.3) is 0 Å². The topological polar surface area (TPSA) is 69.9 Å². The molecule has 0 bridgehead atoms. The van der Waals surface area contributed by atoms with E-state index in [-0.39, 0.29) is 18.3 Å². The van der Waals surface area contributed by atoms with Gasteiger partial charge in [-0.05, 0) is 0 Å². The molecule has 5 atom stereocenters. The Morgan fingerprint density at radius 1 is 1.00 bits per heavy atom. The molecule has 1 saturated heterocycles. The summed E-state index contributed by atoms with van der Waals surface area (Å²) in [6.45, 7) is 0.340. The van der Waals surface area contributed by atoms with Gasteiger partial charge >= 0.3 is 0 Å². The molecule has 0 saturated carbocycles. The lowest BCUT2D eigenvalue weighted by Gasteiger charge is -2.42. The van der Waals surface area contributed by atoms with E-state index in [2.05, 4.69) is 6.07 Å². The van der Waals surface area contributed by atoms with E-state index in [0.29, 0.717) is 6.61 Å². The largest absolute Gasteiger partial charge is 0.382 e. The summed E-state index contributed by atoms with van der Waals surface area (Å²) < 4.78 is 26.7. The quantitative estimate of drug-likeness (QED) is 0.677. The minimum absolute atomic E-state index is 0.325. The molecule has 98 valence electrons. The lowest BCUT2D eigenvalue weighted by molar-refractivity contribution is -0.236. The monoisotopic (exact) mass is 245 g/mol.